The Kier molecular flexibility index (Phi) is 15.7. The number of carbonyl (C=O) groups is 1. The predicted octanol–water partition coefficient (Wildman–Crippen LogP) is 7.86. The van der Waals surface area contributed by atoms with Crippen LogP contribution in [0.5, 0.6) is 0 Å². The number of rotatable bonds is 18. The van der Waals surface area contributed by atoms with E-state index in [4.69, 9.17) is 0 Å². The number of unbranched alkanes of at least 4 members (excludes halogenated alkanes) is 15. The van der Waals surface area contributed by atoms with Crippen molar-refractivity contribution in [3.05, 3.63) is 42.3 Å². The molecule has 1 N–H and O–H groups in total. The first-order valence-electron chi connectivity index (χ1n) is 11.9. The molecule has 0 fully saturated rings. The molecule has 1 aromatic rings. The molecule has 0 heterocycles. The van der Waals surface area contributed by atoms with E-state index in [-0.39, 0.29) is 5.91 Å². The Balaban J connectivity index is 1.80. The molecule has 0 saturated heterocycles. The molecule has 0 saturated carbocycles. The van der Waals surface area contributed by atoms with Gasteiger partial charge < -0.3 is 5.32 Å². The second-order valence-electron chi connectivity index (χ2n) is 8.22. The van der Waals surface area contributed by atoms with E-state index in [0.29, 0.717) is 5.56 Å². The Hall–Kier alpha value is -1.31. The third-order valence-electron chi connectivity index (χ3n) is 5.58. The Bertz CT molecular complexity index is 497. The fraction of sp³-hybridized carbons (Fsp3) is 0.692. The molecule has 0 aliphatic carbocycles. The molecular weight excluding hydrogens is 342 g/mol. The smallest absolute Gasteiger partial charge is 0.251 e. The van der Waals surface area contributed by atoms with Crippen LogP contribution in [0.25, 0.3) is 0 Å². The summed E-state index contributed by atoms with van der Waals surface area (Å²) in [4.78, 5) is 12.1. The zero-order valence-corrected chi connectivity index (χ0v) is 18.4. The van der Waals surface area contributed by atoms with Crippen LogP contribution < -0.4 is 5.32 Å². The highest BCUT2D eigenvalue weighted by Crippen LogP contribution is 2.13. The van der Waals surface area contributed by atoms with Crippen LogP contribution in [-0.4, -0.2) is 12.5 Å². The first kappa shape index (κ1) is 24.7. The molecule has 0 bridgehead atoms. The summed E-state index contributed by atoms with van der Waals surface area (Å²) in [7, 11) is 0. The second-order valence-corrected chi connectivity index (χ2v) is 8.22. The summed E-state index contributed by atoms with van der Waals surface area (Å²) in [5, 5.41) is 3.01. The van der Waals surface area contributed by atoms with Crippen molar-refractivity contribution < 1.29 is 4.79 Å². The lowest BCUT2D eigenvalue weighted by Gasteiger charge is -2.07. The van der Waals surface area contributed by atoms with Crippen LogP contribution in [-0.2, 0) is 0 Å². The molecule has 0 aliphatic heterocycles. The lowest BCUT2D eigenvalue weighted by atomic mass is 10.0. The van der Waals surface area contributed by atoms with Gasteiger partial charge in [-0.2, -0.15) is 0 Å². The fourth-order valence-corrected chi connectivity index (χ4v) is 3.71. The summed E-state index contributed by atoms with van der Waals surface area (Å²) in [5.74, 6) is 0.00607. The van der Waals surface area contributed by atoms with Crippen molar-refractivity contribution in [2.24, 2.45) is 0 Å². The van der Waals surface area contributed by atoms with Crippen molar-refractivity contribution in [3.63, 3.8) is 0 Å². The van der Waals surface area contributed by atoms with Gasteiger partial charge in [-0.25, -0.2) is 0 Å². The third-order valence-corrected chi connectivity index (χ3v) is 5.58. The maximum Gasteiger partial charge on any atom is 0.251 e. The van der Waals surface area contributed by atoms with E-state index in [2.05, 4.69) is 19.2 Å². The number of carbonyl (C=O) groups excluding carboxylic acids is 1. The topological polar surface area (TPSA) is 29.1 Å². The summed E-state index contributed by atoms with van der Waals surface area (Å²) < 4.78 is 0. The van der Waals surface area contributed by atoms with Gasteiger partial charge in [0, 0.05) is 12.1 Å². The second kappa shape index (κ2) is 17.8. The van der Waals surface area contributed by atoms with Crippen LogP contribution in [0.4, 0.5) is 0 Å². The number of hydrogen-bond acceptors (Lipinski definition) is 1. The van der Waals surface area contributed by atoms with Gasteiger partial charge in [-0.05, 0) is 25.0 Å². The lowest BCUT2D eigenvalue weighted by Crippen LogP contribution is -2.25. The van der Waals surface area contributed by atoms with Crippen molar-refractivity contribution in [2.45, 2.75) is 110 Å². The van der Waals surface area contributed by atoms with Crippen molar-refractivity contribution in [3.8, 4) is 0 Å². The standard InChI is InChI=1S/C26H44NO/c1-3-4-5-6-7-8-9-10-11-12-13-14-15-16-17-20-23-27-26(28)25-22-19-18-21-24(25)2/h18-19,21-22H,2-17,20,23H2,1H3,(H,27,28). The number of benzene rings is 1. The van der Waals surface area contributed by atoms with Gasteiger partial charge in [0.2, 0.25) is 0 Å². The van der Waals surface area contributed by atoms with E-state index >= 15 is 0 Å². The molecule has 1 radical (unpaired) electrons. The minimum absolute atomic E-state index is 0.00607. The molecule has 0 atom stereocenters. The van der Waals surface area contributed by atoms with Crippen molar-refractivity contribution in [1.29, 1.82) is 0 Å². The first-order valence-corrected chi connectivity index (χ1v) is 11.9. The van der Waals surface area contributed by atoms with E-state index in [0.717, 1.165) is 18.5 Å². The molecule has 1 rings (SSSR count). The van der Waals surface area contributed by atoms with Gasteiger partial charge in [0.05, 0.1) is 0 Å². The average molecular weight is 387 g/mol. The first-order chi connectivity index (χ1) is 13.8. The molecule has 28 heavy (non-hydrogen) atoms. The van der Waals surface area contributed by atoms with Gasteiger partial charge in [-0.1, -0.05) is 121 Å². The highest BCUT2D eigenvalue weighted by Gasteiger charge is 2.06. The SMILES string of the molecule is [CH2]c1ccccc1C(=O)NCCCCCCCCCCCCCCCCCC. The van der Waals surface area contributed by atoms with E-state index in [9.17, 15) is 4.79 Å². The van der Waals surface area contributed by atoms with E-state index in [1.54, 1.807) is 0 Å². The van der Waals surface area contributed by atoms with Crippen molar-refractivity contribution in [1.82, 2.24) is 5.32 Å². The fourth-order valence-electron chi connectivity index (χ4n) is 3.71. The highest BCUT2D eigenvalue weighted by molar-refractivity contribution is 5.95. The Labute approximate surface area is 174 Å². The summed E-state index contributed by atoms with van der Waals surface area (Å²) in [6.45, 7) is 6.96. The number of hydrogen-bond donors (Lipinski definition) is 1. The van der Waals surface area contributed by atoms with Gasteiger partial charge >= 0.3 is 0 Å². The molecule has 2 nitrogen and oxygen atoms in total. The van der Waals surface area contributed by atoms with E-state index < -0.39 is 0 Å². The van der Waals surface area contributed by atoms with Gasteiger partial charge in [0.1, 0.15) is 0 Å². The zero-order valence-electron chi connectivity index (χ0n) is 18.4. The molecular formula is C26H44NO. The Morgan fingerprint density at radius 3 is 1.61 bits per heavy atom. The third kappa shape index (κ3) is 13.0. The van der Waals surface area contributed by atoms with Gasteiger partial charge in [-0.15, -0.1) is 0 Å². The normalized spacial score (nSPS) is 10.9. The molecule has 2 heteroatoms. The van der Waals surface area contributed by atoms with Crippen LogP contribution in [0.15, 0.2) is 24.3 Å². The molecule has 0 aromatic heterocycles. The van der Waals surface area contributed by atoms with Gasteiger partial charge in [0.25, 0.3) is 5.91 Å². The van der Waals surface area contributed by atoms with Crippen LogP contribution in [0.3, 0.4) is 0 Å². The minimum Gasteiger partial charge on any atom is -0.352 e. The highest BCUT2D eigenvalue weighted by atomic mass is 16.1. The van der Waals surface area contributed by atoms with Gasteiger partial charge in [-0.3, -0.25) is 4.79 Å². The molecule has 0 unspecified atom stereocenters. The summed E-state index contributed by atoms with van der Waals surface area (Å²) in [5.41, 5.74) is 1.49. The van der Waals surface area contributed by atoms with Gasteiger partial charge in [0.15, 0.2) is 0 Å². The van der Waals surface area contributed by atoms with E-state index in [1.807, 2.05) is 24.3 Å². The molecule has 1 amide bonds. The summed E-state index contributed by atoms with van der Waals surface area (Å²) >= 11 is 0. The monoisotopic (exact) mass is 386 g/mol. The number of amides is 1. The van der Waals surface area contributed by atoms with Crippen LogP contribution >= 0.6 is 0 Å². The minimum atomic E-state index is 0.00607. The average Bonchev–Trinajstić information content (AvgIpc) is 2.70. The molecule has 159 valence electrons. The summed E-state index contributed by atoms with van der Waals surface area (Å²) in [6, 6.07) is 7.52. The zero-order chi connectivity index (χ0) is 20.3. The predicted molar refractivity (Wildman–Crippen MR) is 123 cm³/mol. The maximum absolute atomic E-state index is 12.1. The van der Waals surface area contributed by atoms with Crippen molar-refractivity contribution in [2.75, 3.05) is 6.54 Å². The summed E-state index contributed by atoms with van der Waals surface area (Å²) in [6.07, 6.45) is 21.9. The van der Waals surface area contributed by atoms with Crippen LogP contribution in [0.1, 0.15) is 126 Å². The van der Waals surface area contributed by atoms with Crippen LogP contribution in [0.2, 0.25) is 0 Å². The quantitative estimate of drug-likeness (QED) is 0.256. The molecule has 0 spiro atoms. The lowest BCUT2D eigenvalue weighted by molar-refractivity contribution is 0.0952. The Morgan fingerprint density at radius 1 is 0.714 bits per heavy atom. The number of nitrogens with one attached hydrogen (secondary N) is 1. The van der Waals surface area contributed by atoms with Crippen molar-refractivity contribution >= 4 is 5.91 Å². The van der Waals surface area contributed by atoms with E-state index in [1.165, 1.54) is 96.3 Å². The Morgan fingerprint density at radius 2 is 1.14 bits per heavy atom. The van der Waals surface area contributed by atoms with Crippen LogP contribution in [0, 0.1) is 6.92 Å². The largest absolute Gasteiger partial charge is 0.352 e. The molecule has 1 aromatic carbocycles. The molecule has 0 aliphatic rings. The maximum atomic E-state index is 12.1.